The maximum absolute atomic E-state index is 12.0. The van der Waals surface area contributed by atoms with Gasteiger partial charge < -0.3 is 15.2 Å². The summed E-state index contributed by atoms with van der Waals surface area (Å²) in [5.41, 5.74) is 7.55. The number of carbonyl (C=O) groups excluding carboxylic acids is 1. The van der Waals surface area contributed by atoms with Gasteiger partial charge in [-0.15, -0.1) is 0 Å². The highest BCUT2D eigenvalue weighted by atomic mass is 16.5. The van der Waals surface area contributed by atoms with Crippen LogP contribution >= 0.6 is 0 Å². The lowest BCUT2D eigenvalue weighted by atomic mass is 10.1. The van der Waals surface area contributed by atoms with Crippen molar-refractivity contribution in [3.63, 3.8) is 0 Å². The molecule has 0 bridgehead atoms. The highest BCUT2D eigenvalue weighted by Gasteiger charge is 2.14. The quantitative estimate of drug-likeness (QED) is 0.851. The molecule has 0 fully saturated rings. The number of aromatic nitrogens is 1. The normalized spacial score (nSPS) is 9.70. The fourth-order valence-corrected chi connectivity index (χ4v) is 1.71. The molecule has 0 spiro atoms. The Bertz CT molecular complexity index is 621. The number of hydrogen-bond donors (Lipinski definition) is 1. The first-order valence-corrected chi connectivity index (χ1v) is 6.14. The summed E-state index contributed by atoms with van der Waals surface area (Å²) in [4.78, 5) is 13.6. The van der Waals surface area contributed by atoms with Gasteiger partial charge in [0.1, 0.15) is 6.26 Å². The Labute approximate surface area is 117 Å². The molecular formula is C15H15N3O2. The molecule has 1 aromatic heterocycles. The maximum Gasteiger partial charge on any atom is 0.276 e. The molecule has 2 rings (SSSR count). The SMILES string of the molecule is CN(Cc1ccc(C#CCN)cc1)C(=O)c1ccon1. The van der Waals surface area contributed by atoms with Gasteiger partial charge in [-0.25, -0.2) is 0 Å². The fraction of sp³-hybridized carbons (Fsp3) is 0.200. The second kappa shape index (κ2) is 6.55. The van der Waals surface area contributed by atoms with Crippen molar-refractivity contribution in [2.45, 2.75) is 6.54 Å². The van der Waals surface area contributed by atoms with E-state index in [9.17, 15) is 4.79 Å². The van der Waals surface area contributed by atoms with Crippen LogP contribution in [0.4, 0.5) is 0 Å². The van der Waals surface area contributed by atoms with Gasteiger partial charge in [-0.05, 0) is 17.7 Å². The Kier molecular flexibility index (Phi) is 4.53. The van der Waals surface area contributed by atoms with Gasteiger partial charge in [0.25, 0.3) is 5.91 Å². The third kappa shape index (κ3) is 3.46. The predicted molar refractivity (Wildman–Crippen MR) is 74.7 cm³/mol. The second-order valence-corrected chi connectivity index (χ2v) is 4.25. The highest BCUT2D eigenvalue weighted by molar-refractivity contribution is 5.91. The summed E-state index contributed by atoms with van der Waals surface area (Å²) in [5, 5.41) is 3.63. The zero-order chi connectivity index (χ0) is 14.4. The van der Waals surface area contributed by atoms with Gasteiger partial charge in [-0.2, -0.15) is 0 Å². The zero-order valence-corrected chi connectivity index (χ0v) is 11.2. The number of amides is 1. The molecule has 0 radical (unpaired) electrons. The number of benzene rings is 1. The smallest absolute Gasteiger partial charge is 0.276 e. The molecule has 2 N–H and O–H groups in total. The number of nitrogens with zero attached hydrogens (tertiary/aromatic N) is 2. The molecule has 0 aliphatic carbocycles. The summed E-state index contributed by atoms with van der Waals surface area (Å²) in [6.45, 7) is 0.840. The van der Waals surface area contributed by atoms with E-state index in [2.05, 4.69) is 21.5 Å². The second-order valence-electron chi connectivity index (χ2n) is 4.25. The molecule has 0 aliphatic heterocycles. The van der Waals surface area contributed by atoms with Crippen LogP contribution in [0.15, 0.2) is 41.1 Å². The van der Waals surface area contributed by atoms with Gasteiger partial charge in [-0.3, -0.25) is 4.79 Å². The molecule has 5 nitrogen and oxygen atoms in total. The van der Waals surface area contributed by atoms with E-state index in [1.807, 2.05) is 24.3 Å². The lowest BCUT2D eigenvalue weighted by Crippen LogP contribution is -2.26. The molecule has 0 aliphatic rings. The molecule has 5 heteroatoms. The van der Waals surface area contributed by atoms with E-state index in [-0.39, 0.29) is 5.91 Å². The summed E-state index contributed by atoms with van der Waals surface area (Å²) >= 11 is 0. The summed E-state index contributed by atoms with van der Waals surface area (Å²) in [6, 6.07) is 9.24. The van der Waals surface area contributed by atoms with Crippen LogP contribution in [0.1, 0.15) is 21.6 Å². The lowest BCUT2D eigenvalue weighted by molar-refractivity contribution is 0.0775. The van der Waals surface area contributed by atoms with E-state index in [1.165, 1.54) is 6.26 Å². The minimum Gasteiger partial charge on any atom is -0.364 e. The molecule has 0 saturated heterocycles. The predicted octanol–water partition coefficient (Wildman–Crippen LogP) is 1.26. The third-order valence-electron chi connectivity index (χ3n) is 2.71. The maximum atomic E-state index is 12.0. The highest BCUT2D eigenvalue weighted by Crippen LogP contribution is 2.08. The Morgan fingerprint density at radius 3 is 2.70 bits per heavy atom. The van der Waals surface area contributed by atoms with Gasteiger partial charge in [0.2, 0.25) is 0 Å². The monoisotopic (exact) mass is 269 g/mol. The molecule has 1 heterocycles. The van der Waals surface area contributed by atoms with Gasteiger partial charge in [0, 0.05) is 25.2 Å². The van der Waals surface area contributed by atoms with Crippen molar-refractivity contribution in [2.75, 3.05) is 13.6 Å². The van der Waals surface area contributed by atoms with E-state index in [1.54, 1.807) is 18.0 Å². The van der Waals surface area contributed by atoms with Crippen LogP contribution in [0.25, 0.3) is 0 Å². The Morgan fingerprint density at radius 1 is 1.35 bits per heavy atom. The van der Waals surface area contributed by atoms with Gasteiger partial charge in [0.05, 0.1) is 6.54 Å². The van der Waals surface area contributed by atoms with Crippen LogP contribution in [0.2, 0.25) is 0 Å². The van der Waals surface area contributed by atoms with Gasteiger partial charge in [-0.1, -0.05) is 29.1 Å². The van der Waals surface area contributed by atoms with E-state index < -0.39 is 0 Å². The van der Waals surface area contributed by atoms with Crippen molar-refractivity contribution in [2.24, 2.45) is 5.73 Å². The first-order valence-electron chi connectivity index (χ1n) is 6.14. The van der Waals surface area contributed by atoms with Crippen molar-refractivity contribution in [3.8, 4) is 11.8 Å². The minimum absolute atomic E-state index is 0.175. The lowest BCUT2D eigenvalue weighted by Gasteiger charge is -2.15. The standard InChI is InChI=1S/C15H15N3O2/c1-18(15(19)14-8-10-20-17-14)11-13-6-4-12(5-7-13)3-2-9-16/h4-8,10H,9,11,16H2,1H3. The molecule has 0 unspecified atom stereocenters. The minimum atomic E-state index is -0.175. The van der Waals surface area contributed by atoms with Crippen LogP contribution < -0.4 is 5.73 Å². The molecule has 0 saturated carbocycles. The molecule has 1 amide bonds. The molecular weight excluding hydrogens is 254 g/mol. The van der Waals surface area contributed by atoms with Crippen molar-refractivity contribution < 1.29 is 9.32 Å². The summed E-state index contributed by atoms with van der Waals surface area (Å²) in [7, 11) is 1.72. The van der Waals surface area contributed by atoms with Crippen LogP contribution in [0, 0.1) is 11.8 Å². The zero-order valence-electron chi connectivity index (χ0n) is 11.2. The van der Waals surface area contributed by atoms with E-state index in [4.69, 9.17) is 5.73 Å². The first kappa shape index (κ1) is 13.8. The third-order valence-corrected chi connectivity index (χ3v) is 2.71. The number of carbonyl (C=O) groups is 1. The molecule has 1 aromatic carbocycles. The first-order chi connectivity index (χ1) is 9.70. The summed E-state index contributed by atoms with van der Waals surface area (Å²) < 4.78 is 4.67. The van der Waals surface area contributed by atoms with Gasteiger partial charge >= 0.3 is 0 Å². The molecule has 20 heavy (non-hydrogen) atoms. The van der Waals surface area contributed by atoms with Crippen molar-refractivity contribution in [1.29, 1.82) is 0 Å². The van der Waals surface area contributed by atoms with Crippen molar-refractivity contribution in [1.82, 2.24) is 10.1 Å². The fourth-order valence-electron chi connectivity index (χ4n) is 1.71. The summed E-state index contributed by atoms with van der Waals surface area (Å²) in [5.74, 6) is 5.57. The van der Waals surface area contributed by atoms with E-state index in [0.29, 0.717) is 18.8 Å². The largest absolute Gasteiger partial charge is 0.364 e. The average molecular weight is 269 g/mol. The Morgan fingerprint density at radius 2 is 2.10 bits per heavy atom. The van der Waals surface area contributed by atoms with Crippen LogP contribution in [0.5, 0.6) is 0 Å². The van der Waals surface area contributed by atoms with Crippen molar-refractivity contribution in [3.05, 3.63) is 53.4 Å². The Balaban J connectivity index is 2.01. The number of rotatable bonds is 3. The molecule has 0 atom stereocenters. The van der Waals surface area contributed by atoms with Crippen molar-refractivity contribution >= 4 is 5.91 Å². The van der Waals surface area contributed by atoms with Crippen LogP contribution in [0.3, 0.4) is 0 Å². The van der Waals surface area contributed by atoms with E-state index in [0.717, 1.165) is 11.1 Å². The van der Waals surface area contributed by atoms with Gasteiger partial charge in [0.15, 0.2) is 5.69 Å². The van der Waals surface area contributed by atoms with Crippen LogP contribution in [-0.4, -0.2) is 29.6 Å². The van der Waals surface area contributed by atoms with E-state index >= 15 is 0 Å². The number of hydrogen-bond acceptors (Lipinski definition) is 4. The number of nitrogens with two attached hydrogens (primary N) is 1. The molecule has 2 aromatic rings. The van der Waals surface area contributed by atoms with Crippen LogP contribution in [-0.2, 0) is 6.54 Å². The topological polar surface area (TPSA) is 72.4 Å². The molecule has 102 valence electrons. The average Bonchev–Trinajstić information content (AvgIpc) is 3.00. The summed E-state index contributed by atoms with van der Waals surface area (Å²) in [6.07, 6.45) is 1.38. The Hall–Kier alpha value is -2.58.